The van der Waals surface area contributed by atoms with E-state index in [1.165, 1.54) is 11.1 Å². The van der Waals surface area contributed by atoms with Crippen molar-refractivity contribution in [2.75, 3.05) is 0 Å². The van der Waals surface area contributed by atoms with E-state index >= 15 is 0 Å². The topological polar surface area (TPSA) is 37.3 Å². The molecule has 2 heteroatoms. The number of allylic oxidation sites excluding steroid dienone is 2. The molecule has 0 aromatic heterocycles. The molecule has 0 saturated heterocycles. The van der Waals surface area contributed by atoms with Crippen LogP contribution >= 0.6 is 0 Å². The zero-order valence-electron chi connectivity index (χ0n) is 10.4. The molecule has 0 amide bonds. The lowest BCUT2D eigenvalue weighted by Crippen LogP contribution is -2.39. The van der Waals surface area contributed by atoms with Crippen LogP contribution in [-0.2, 0) is 17.6 Å². The van der Waals surface area contributed by atoms with E-state index in [4.69, 9.17) is 0 Å². The SMILES string of the molecule is O=C(O)C1(C2C=CCCC2)Cc2ccccc2C1. The highest BCUT2D eigenvalue weighted by atomic mass is 16.4. The van der Waals surface area contributed by atoms with Crippen molar-refractivity contribution in [2.45, 2.75) is 32.1 Å². The Labute approximate surface area is 107 Å². The summed E-state index contributed by atoms with van der Waals surface area (Å²) < 4.78 is 0. The minimum absolute atomic E-state index is 0.191. The summed E-state index contributed by atoms with van der Waals surface area (Å²) in [5, 5.41) is 9.75. The van der Waals surface area contributed by atoms with Gasteiger partial charge in [-0.05, 0) is 49.1 Å². The molecule has 0 bridgehead atoms. The van der Waals surface area contributed by atoms with Crippen LogP contribution < -0.4 is 0 Å². The van der Waals surface area contributed by atoms with Crippen molar-refractivity contribution in [3.05, 3.63) is 47.5 Å². The Hall–Kier alpha value is -1.57. The standard InChI is InChI=1S/C16H18O2/c17-15(18)16(14-8-2-1-3-9-14)10-12-6-4-5-7-13(12)11-16/h2,4-8,14H,1,3,9-11H2,(H,17,18). The van der Waals surface area contributed by atoms with E-state index in [0.717, 1.165) is 19.3 Å². The fourth-order valence-electron chi connectivity index (χ4n) is 3.49. The molecular formula is C16H18O2. The number of rotatable bonds is 2. The minimum atomic E-state index is -0.629. The summed E-state index contributed by atoms with van der Waals surface area (Å²) in [6, 6.07) is 8.17. The number of hydrogen-bond donors (Lipinski definition) is 1. The predicted octanol–water partition coefficient (Wildman–Crippen LogP) is 3.21. The Morgan fingerprint density at radius 2 is 1.89 bits per heavy atom. The van der Waals surface area contributed by atoms with Gasteiger partial charge in [0, 0.05) is 0 Å². The Kier molecular flexibility index (Phi) is 2.73. The third-order valence-corrected chi connectivity index (χ3v) is 4.52. The Morgan fingerprint density at radius 1 is 1.22 bits per heavy atom. The van der Waals surface area contributed by atoms with E-state index in [9.17, 15) is 9.90 Å². The fourth-order valence-corrected chi connectivity index (χ4v) is 3.49. The van der Waals surface area contributed by atoms with Crippen LogP contribution in [0.4, 0.5) is 0 Å². The van der Waals surface area contributed by atoms with Gasteiger partial charge in [-0.1, -0.05) is 36.4 Å². The first kappa shape index (κ1) is 11.5. The maximum Gasteiger partial charge on any atom is 0.310 e. The molecule has 1 aromatic rings. The van der Waals surface area contributed by atoms with Crippen molar-refractivity contribution in [1.82, 2.24) is 0 Å². The molecule has 1 aromatic carbocycles. The van der Waals surface area contributed by atoms with E-state index in [-0.39, 0.29) is 5.92 Å². The van der Waals surface area contributed by atoms with Gasteiger partial charge in [-0.15, -0.1) is 0 Å². The number of carbonyl (C=O) groups is 1. The molecule has 0 saturated carbocycles. The zero-order chi connectivity index (χ0) is 12.6. The van der Waals surface area contributed by atoms with Gasteiger partial charge < -0.3 is 5.11 Å². The minimum Gasteiger partial charge on any atom is -0.481 e. The first-order valence-corrected chi connectivity index (χ1v) is 6.69. The van der Waals surface area contributed by atoms with Crippen molar-refractivity contribution in [3.63, 3.8) is 0 Å². The van der Waals surface area contributed by atoms with Gasteiger partial charge in [0.2, 0.25) is 0 Å². The molecule has 94 valence electrons. The Bertz CT molecular complexity index is 477. The highest BCUT2D eigenvalue weighted by Gasteiger charge is 2.48. The molecule has 2 nitrogen and oxygen atoms in total. The third-order valence-electron chi connectivity index (χ3n) is 4.52. The van der Waals surface area contributed by atoms with E-state index in [1.807, 2.05) is 12.1 Å². The lowest BCUT2D eigenvalue weighted by Gasteiger charge is -2.33. The molecule has 0 fully saturated rings. The van der Waals surface area contributed by atoms with E-state index in [2.05, 4.69) is 24.3 Å². The van der Waals surface area contributed by atoms with Gasteiger partial charge in [-0.3, -0.25) is 4.79 Å². The molecule has 18 heavy (non-hydrogen) atoms. The number of benzene rings is 1. The second kappa shape index (κ2) is 4.27. The first-order valence-electron chi connectivity index (χ1n) is 6.69. The monoisotopic (exact) mass is 242 g/mol. The summed E-state index contributed by atoms with van der Waals surface area (Å²) in [7, 11) is 0. The number of fused-ring (bicyclic) bond motifs is 1. The average molecular weight is 242 g/mol. The Balaban J connectivity index is 1.98. The molecule has 1 unspecified atom stereocenters. The summed E-state index contributed by atoms with van der Waals surface area (Å²) in [4.78, 5) is 11.9. The van der Waals surface area contributed by atoms with Crippen LogP contribution in [0.25, 0.3) is 0 Å². The van der Waals surface area contributed by atoms with Crippen LogP contribution in [0.3, 0.4) is 0 Å². The largest absolute Gasteiger partial charge is 0.481 e. The maximum atomic E-state index is 11.9. The van der Waals surface area contributed by atoms with Gasteiger partial charge in [0.25, 0.3) is 0 Å². The van der Waals surface area contributed by atoms with Crippen molar-refractivity contribution in [2.24, 2.45) is 11.3 Å². The molecule has 3 rings (SSSR count). The number of hydrogen-bond acceptors (Lipinski definition) is 1. The molecule has 2 aliphatic rings. The van der Waals surface area contributed by atoms with Crippen LogP contribution in [0, 0.1) is 11.3 Å². The normalized spacial score (nSPS) is 24.8. The smallest absolute Gasteiger partial charge is 0.310 e. The number of aliphatic carboxylic acids is 1. The molecule has 1 N–H and O–H groups in total. The predicted molar refractivity (Wildman–Crippen MR) is 70.4 cm³/mol. The van der Waals surface area contributed by atoms with E-state index in [0.29, 0.717) is 12.8 Å². The lowest BCUT2D eigenvalue weighted by atomic mass is 9.69. The quantitative estimate of drug-likeness (QED) is 0.808. The van der Waals surface area contributed by atoms with Gasteiger partial charge >= 0.3 is 5.97 Å². The summed E-state index contributed by atoms with van der Waals surface area (Å²) in [5.74, 6) is -0.439. The maximum absolute atomic E-state index is 11.9. The summed E-state index contributed by atoms with van der Waals surface area (Å²) in [6.07, 6.45) is 8.90. The van der Waals surface area contributed by atoms with Crippen molar-refractivity contribution < 1.29 is 9.90 Å². The van der Waals surface area contributed by atoms with Crippen LogP contribution in [0.2, 0.25) is 0 Å². The molecule has 0 aliphatic heterocycles. The third kappa shape index (κ3) is 1.67. The second-order valence-corrected chi connectivity index (χ2v) is 5.55. The molecule has 0 heterocycles. The number of carboxylic acids is 1. The molecule has 1 atom stereocenters. The second-order valence-electron chi connectivity index (χ2n) is 5.55. The van der Waals surface area contributed by atoms with Crippen LogP contribution in [0.15, 0.2) is 36.4 Å². The molecule has 0 radical (unpaired) electrons. The highest BCUT2D eigenvalue weighted by Crippen LogP contribution is 2.46. The average Bonchev–Trinajstić information content (AvgIpc) is 2.80. The number of carboxylic acid groups (broad SMARTS) is 1. The highest BCUT2D eigenvalue weighted by molar-refractivity contribution is 5.78. The van der Waals surface area contributed by atoms with E-state index in [1.54, 1.807) is 0 Å². The van der Waals surface area contributed by atoms with Gasteiger partial charge in [0.15, 0.2) is 0 Å². The first-order chi connectivity index (χ1) is 8.72. The summed E-state index contributed by atoms with van der Waals surface area (Å²) in [5.41, 5.74) is 1.85. The fraction of sp³-hybridized carbons (Fsp3) is 0.438. The lowest BCUT2D eigenvalue weighted by molar-refractivity contribution is -0.151. The summed E-state index contributed by atoms with van der Waals surface area (Å²) in [6.45, 7) is 0. The van der Waals surface area contributed by atoms with Crippen LogP contribution in [0.1, 0.15) is 30.4 Å². The van der Waals surface area contributed by atoms with E-state index < -0.39 is 11.4 Å². The zero-order valence-corrected chi connectivity index (χ0v) is 10.4. The summed E-state index contributed by atoms with van der Waals surface area (Å²) >= 11 is 0. The molecular weight excluding hydrogens is 224 g/mol. The van der Waals surface area contributed by atoms with Gasteiger partial charge in [-0.25, -0.2) is 0 Å². The van der Waals surface area contributed by atoms with Crippen LogP contribution in [0.5, 0.6) is 0 Å². The molecule has 2 aliphatic carbocycles. The van der Waals surface area contributed by atoms with Gasteiger partial charge in [0.1, 0.15) is 0 Å². The Morgan fingerprint density at radius 3 is 2.39 bits per heavy atom. The van der Waals surface area contributed by atoms with Crippen molar-refractivity contribution >= 4 is 5.97 Å². The van der Waals surface area contributed by atoms with Gasteiger partial charge in [-0.2, -0.15) is 0 Å². The van der Waals surface area contributed by atoms with Crippen molar-refractivity contribution in [3.8, 4) is 0 Å². The van der Waals surface area contributed by atoms with Crippen LogP contribution in [-0.4, -0.2) is 11.1 Å². The van der Waals surface area contributed by atoms with Gasteiger partial charge in [0.05, 0.1) is 5.41 Å². The van der Waals surface area contributed by atoms with Crippen molar-refractivity contribution in [1.29, 1.82) is 0 Å². The molecule has 0 spiro atoms.